The number of rotatable bonds is 6. The van der Waals surface area contributed by atoms with Gasteiger partial charge in [0.2, 0.25) is 10.0 Å². The highest BCUT2D eigenvalue weighted by atomic mass is 32.2. The first-order chi connectivity index (χ1) is 16.0. The van der Waals surface area contributed by atoms with E-state index in [1.54, 1.807) is 23.6 Å². The fourth-order valence-corrected chi connectivity index (χ4v) is 6.74. The van der Waals surface area contributed by atoms with E-state index in [0.717, 1.165) is 11.3 Å². The normalized spacial score (nSPS) is 22.6. The lowest BCUT2D eigenvalue weighted by Gasteiger charge is -2.38. The van der Waals surface area contributed by atoms with Gasteiger partial charge in [-0.05, 0) is 45.7 Å². The second kappa shape index (κ2) is 8.18. The van der Waals surface area contributed by atoms with E-state index in [1.165, 1.54) is 6.07 Å². The topological polar surface area (TPSA) is 91.6 Å². The summed E-state index contributed by atoms with van der Waals surface area (Å²) in [7, 11) is -4.18. The van der Waals surface area contributed by atoms with E-state index in [-0.39, 0.29) is 22.9 Å². The van der Waals surface area contributed by atoms with Crippen LogP contribution in [0.4, 0.5) is 19.0 Å². The molecule has 184 valence electrons. The van der Waals surface area contributed by atoms with E-state index in [0.29, 0.717) is 37.0 Å². The molecule has 3 aromatic rings. The summed E-state index contributed by atoms with van der Waals surface area (Å²) in [6.07, 6.45) is 0.188. The molecule has 0 bridgehead atoms. The van der Waals surface area contributed by atoms with E-state index in [4.69, 9.17) is 0 Å². The fraction of sp³-hybridized carbons (Fsp3) is 0.524. The number of halogens is 3. The number of anilines is 1. The van der Waals surface area contributed by atoms with Crippen molar-refractivity contribution in [2.24, 2.45) is 0 Å². The molecule has 13 heteroatoms. The maximum atomic E-state index is 16.0. The maximum absolute atomic E-state index is 16.0. The molecule has 8 nitrogen and oxygen atoms in total. The first-order valence-corrected chi connectivity index (χ1v) is 13.3. The summed E-state index contributed by atoms with van der Waals surface area (Å²) in [6, 6.07) is 2.97. The summed E-state index contributed by atoms with van der Waals surface area (Å²) in [5.41, 5.74) is 0.177. The second-order valence-corrected chi connectivity index (χ2v) is 12.1. The Kier molecular flexibility index (Phi) is 5.66. The molecule has 0 amide bonds. The van der Waals surface area contributed by atoms with Crippen LogP contribution in [0.5, 0.6) is 0 Å². The summed E-state index contributed by atoms with van der Waals surface area (Å²) >= 11 is 0.725. The number of sulfonamides is 1. The van der Waals surface area contributed by atoms with Crippen molar-refractivity contribution in [1.82, 2.24) is 24.6 Å². The van der Waals surface area contributed by atoms with Crippen molar-refractivity contribution in [1.29, 1.82) is 0 Å². The molecule has 5 rings (SSSR count). The van der Waals surface area contributed by atoms with Gasteiger partial charge in [0.15, 0.2) is 16.6 Å². The quantitative estimate of drug-likeness (QED) is 0.523. The SMILES string of the molecule is C[C@H]1CN(c2c(F)c(S(=O)(=O)NC3(C)CC3)cc3c(-c4nnc(C(F)F)s4)ccn23)C[C@H](C)N1. The molecule has 1 aliphatic heterocycles. The Morgan fingerprint density at radius 3 is 2.50 bits per heavy atom. The van der Waals surface area contributed by atoms with Gasteiger partial charge in [0.05, 0.1) is 5.52 Å². The Labute approximate surface area is 199 Å². The third kappa shape index (κ3) is 4.18. The number of nitrogens with one attached hydrogen (secondary N) is 2. The molecule has 1 aliphatic carbocycles. The van der Waals surface area contributed by atoms with Gasteiger partial charge in [-0.2, -0.15) is 0 Å². The number of piperazine rings is 1. The zero-order valence-electron chi connectivity index (χ0n) is 18.8. The second-order valence-electron chi connectivity index (χ2n) is 9.42. The van der Waals surface area contributed by atoms with Gasteiger partial charge in [-0.1, -0.05) is 11.3 Å². The van der Waals surface area contributed by atoms with Gasteiger partial charge in [-0.3, -0.25) is 0 Å². The summed E-state index contributed by atoms with van der Waals surface area (Å²) in [5.74, 6) is -0.734. The molecule has 2 N–H and O–H groups in total. The Morgan fingerprint density at radius 1 is 1.24 bits per heavy atom. The average Bonchev–Trinajstić information content (AvgIpc) is 3.14. The maximum Gasteiger partial charge on any atom is 0.291 e. The van der Waals surface area contributed by atoms with Crippen LogP contribution in [-0.2, 0) is 10.0 Å². The molecule has 3 aromatic heterocycles. The lowest BCUT2D eigenvalue weighted by atomic mass is 10.1. The van der Waals surface area contributed by atoms with Crippen molar-refractivity contribution in [2.75, 3.05) is 18.0 Å². The van der Waals surface area contributed by atoms with Crippen LogP contribution in [0, 0.1) is 5.82 Å². The average molecular weight is 515 g/mol. The molecule has 2 aliphatic rings. The molecular formula is C21H25F3N6O2S2. The highest BCUT2D eigenvalue weighted by Gasteiger charge is 2.42. The zero-order chi connectivity index (χ0) is 24.4. The van der Waals surface area contributed by atoms with E-state index >= 15 is 4.39 Å². The van der Waals surface area contributed by atoms with Gasteiger partial charge in [0.25, 0.3) is 6.43 Å². The Hall–Kier alpha value is -2.22. The summed E-state index contributed by atoms with van der Waals surface area (Å²) in [5, 5.41) is 10.6. The molecule has 2 atom stereocenters. The Bertz CT molecular complexity index is 1340. The molecule has 1 saturated heterocycles. The van der Waals surface area contributed by atoms with Gasteiger partial charge in [0.1, 0.15) is 9.90 Å². The largest absolute Gasteiger partial charge is 0.352 e. The minimum atomic E-state index is -4.18. The van der Waals surface area contributed by atoms with Crippen LogP contribution in [0.1, 0.15) is 45.0 Å². The van der Waals surface area contributed by atoms with Crippen molar-refractivity contribution < 1.29 is 21.6 Å². The molecule has 2 fully saturated rings. The molecule has 0 radical (unpaired) electrons. The van der Waals surface area contributed by atoms with Gasteiger partial charge < -0.3 is 14.6 Å². The number of pyridine rings is 1. The molecule has 0 aromatic carbocycles. The molecule has 1 saturated carbocycles. The van der Waals surface area contributed by atoms with Crippen LogP contribution in [0.2, 0.25) is 0 Å². The number of hydrogen-bond acceptors (Lipinski definition) is 7. The number of fused-ring (bicyclic) bond motifs is 1. The van der Waals surface area contributed by atoms with E-state index < -0.39 is 37.7 Å². The van der Waals surface area contributed by atoms with Crippen molar-refractivity contribution in [3.05, 3.63) is 29.2 Å². The Morgan fingerprint density at radius 2 is 1.91 bits per heavy atom. The third-order valence-corrected chi connectivity index (χ3v) is 8.82. The van der Waals surface area contributed by atoms with Gasteiger partial charge in [-0.25, -0.2) is 26.3 Å². The van der Waals surface area contributed by atoms with Crippen molar-refractivity contribution in [3.8, 4) is 10.6 Å². The monoisotopic (exact) mass is 514 g/mol. The lowest BCUT2D eigenvalue weighted by Crippen LogP contribution is -2.55. The lowest BCUT2D eigenvalue weighted by molar-refractivity contribution is 0.150. The molecule has 0 unspecified atom stereocenters. The minimum Gasteiger partial charge on any atom is -0.352 e. The smallest absolute Gasteiger partial charge is 0.291 e. The number of nitrogens with zero attached hydrogens (tertiary/aromatic N) is 4. The van der Waals surface area contributed by atoms with E-state index in [9.17, 15) is 17.2 Å². The fourth-order valence-electron chi connectivity index (χ4n) is 4.45. The number of hydrogen-bond donors (Lipinski definition) is 2. The van der Waals surface area contributed by atoms with Crippen molar-refractivity contribution in [2.45, 2.75) is 62.6 Å². The van der Waals surface area contributed by atoms with E-state index in [1.807, 2.05) is 18.7 Å². The van der Waals surface area contributed by atoms with Crippen LogP contribution in [0.3, 0.4) is 0 Å². The van der Waals surface area contributed by atoms with Crippen LogP contribution >= 0.6 is 11.3 Å². The van der Waals surface area contributed by atoms with Gasteiger partial charge in [0, 0.05) is 42.5 Å². The highest BCUT2D eigenvalue weighted by molar-refractivity contribution is 7.89. The molecule has 4 heterocycles. The zero-order valence-corrected chi connectivity index (χ0v) is 20.5. The summed E-state index contributed by atoms with van der Waals surface area (Å²) in [6.45, 7) is 6.65. The first-order valence-electron chi connectivity index (χ1n) is 11.0. The van der Waals surface area contributed by atoms with Crippen molar-refractivity contribution in [3.63, 3.8) is 0 Å². The van der Waals surface area contributed by atoms with Gasteiger partial charge >= 0.3 is 0 Å². The van der Waals surface area contributed by atoms with E-state index in [2.05, 4.69) is 20.2 Å². The number of alkyl halides is 2. The number of aromatic nitrogens is 3. The molecule has 0 spiro atoms. The van der Waals surface area contributed by atoms with Gasteiger partial charge in [-0.15, -0.1) is 10.2 Å². The van der Waals surface area contributed by atoms with Crippen LogP contribution < -0.4 is 14.9 Å². The third-order valence-electron chi connectivity index (χ3n) is 6.22. The molecular weight excluding hydrogens is 489 g/mol. The summed E-state index contributed by atoms with van der Waals surface area (Å²) in [4.78, 5) is 1.35. The van der Waals surface area contributed by atoms with Crippen LogP contribution in [0.15, 0.2) is 23.2 Å². The predicted molar refractivity (Wildman–Crippen MR) is 123 cm³/mol. The highest BCUT2D eigenvalue weighted by Crippen LogP contribution is 2.39. The van der Waals surface area contributed by atoms with Crippen molar-refractivity contribution >= 4 is 32.7 Å². The van der Waals surface area contributed by atoms with Crippen LogP contribution in [0.25, 0.3) is 16.1 Å². The Balaban J connectivity index is 1.72. The molecule has 34 heavy (non-hydrogen) atoms. The minimum absolute atomic E-state index is 0.0498. The standard InChI is InChI=1S/C21H25F3N6O2S2/c1-11-9-29(10-12(2)25-11)20-16(22)15(34(31,32)28-21(3)5-6-21)8-14-13(4-7-30(14)20)18-26-27-19(33-18)17(23)24/h4,7-8,11-12,17,25,28H,5-6,9-10H2,1-3H3/t11-,12-/m0/s1. The predicted octanol–water partition coefficient (Wildman–Crippen LogP) is 3.55. The van der Waals surface area contributed by atoms with Crippen LogP contribution in [-0.4, -0.2) is 53.7 Å². The first kappa shape index (κ1) is 23.5. The summed E-state index contributed by atoms with van der Waals surface area (Å²) < 4.78 is 72.9.